The van der Waals surface area contributed by atoms with E-state index in [2.05, 4.69) is 185 Å². The van der Waals surface area contributed by atoms with Crippen molar-refractivity contribution < 1.29 is 4.42 Å². The first-order chi connectivity index (χ1) is 25.3. The van der Waals surface area contributed by atoms with Crippen molar-refractivity contribution in [2.24, 2.45) is 0 Å². The zero-order chi connectivity index (χ0) is 33.5. The Morgan fingerprint density at radius 1 is 0.353 bits per heavy atom. The van der Waals surface area contributed by atoms with Crippen LogP contribution in [0.4, 0.5) is 0 Å². The molecular weight excluding hydrogens is 621 g/mol. The molecule has 0 saturated carbocycles. The Morgan fingerprint density at radius 3 is 1.71 bits per heavy atom. The molecule has 0 aliphatic carbocycles. The summed E-state index contributed by atoms with van der Waals surface area (Å²) in [7, 11) is 0. The van der Waals surface area contributed by atoms with Crippen molar-refractivity contribution >= 4 is 65.6 Å². The molecule has 0 aliphatic rings. The SMILES string of the molecule is c1ccc(-n2c3ccc(-c4ccc(-c5ccc6c(c5)c5ccccc5n6-c5cccc6ccccc56)cc4)cc3c3c4ccccc4oc32)cc1. The van der Waals surface area contributed by atoms with E-state index >= 15 is 0 Å². The second kappa shape index (κ2) is 10.8. The first kappa shape index (κ1) is 28.0. The quantitative estimate of drug-likeness (QED) is 0.186. The molecule has 0 unspecified atom stereocenters. The molecule has 3 aromatic heterocycles. The Labute approximate surface area is 293 Å². The molecule has 238 valence electrons. The number of nitrogens with zero attached hydrogens (tertiary/aromatic N) is 2. The van der Waals surface area contributed by atoms with Crippen LogP contribution in [0.1, 0.15) is 0 Å². The van der Waals surface area contributed by atoms with E-state index in [4.69, 9.17) is 4.42 Å². The van der Waals surface area contributed by atoms with Crippen molar-refractivity contribution in [3.05, 3.63) is 182 Å². The standard InChI is InChI=1S/C48H30N2O/c1-2-13-36(14-3-1)49-45-28-26-35(30-41(45)47-39-17-7-9-20-46(39)51-48(47)49)32-23-21-31(22-24-32)34-25-27-44-40(29-34)38-16-6-8-18-43(38)50(44)42-19-10-12-33-11-4-5-15-37(33)42/h1-30H. The third kappa shape index (κ3) is 4.19. The summed E-state index contributed by atoms with van der Waals surface area (Å²) in [5.41, 5.74) is 12.4. The second-order valence-corrected chi connectivity index (χ2v) is 13.3. The topological polar surface area (TPSA) is 23.0 Å². The lowest BCUT2D eigenvalue weighted by molar-refractivity contribution is 0.645. The van der Waals surface area contributed by atoms with Crippen molar-refractivity contribution in [2.45, 2.75) is 0 Å². The van der Waals surface area contributed by atoms with Gasteiger partial charge in [0, 0.05) is 32.6 Å². The van der Waals surface area contributed by atoms with E-state index in [0.29, 0.717) is 0 Å². The van der Waals surface area contributed by atoms with E-state index in [9.17, 15) is 0 Å². The first-order valence-corrected chi connectivity index (χ1v) is 17.4. The summed E-state index contributed by atoms with van der Waals surface area (Å²) in [6.07, 6.45) is 0. The van der Waals surface area contributed by atoms with Gasteiger partial charge in [0.1, 0.15) is 5.58 Å². The van der Waals surface area contributed by atoms with Crippen LogP contribution in [0, 0.1) is 0 Å². The second-order valence-electron chi connectivity index (χ2n) is 13.3. The summed E-state index contributed by atoms with van der Waals surface area (Å²) in [5, 5.41) is 8.48. The maximum atomic E-state index is 6.50. The van der Waals surface area contributed by atoms with E-state index in [-0.39, 0.29) is 0 Å². The van der Waals surface area contributed by atoms with Gasteiger partial charge in [0.15, 0.2) is 0 Å². The van der Waals surface area contributed by atoms with Gasteiger partial charge in [-0.2, -0.15) is 0 Å². The van der Waals surface area contributed by atoms with Crippen molar-refractivity contribution in [3.8, 4) is 33.6 Å². The summed E-state index contributed by atoms with van der Waals surface area (Å²) in [5.74, 6) is 0. The van der Waals surface area contributed by atoms with E-state index < -0.39 is 0 Å². The predicted molar refractivity (Wildman–Crippen MR) is 213 cm³/mol. The highest BCUT2D eigenvalue weighted by atomic mass is 16.3. The Hall–Kier alpha value is -6.84. The van der Waals surface area contributed by atoms with Gasteiger partial charge >= 0.3 is 0 Å². The maximum Gasteiger partial charge on any atom is 0.213 e. The molecule has 0 bridgehead atoms. The number of para-hydroxylation sites is 3. The molecule has 11 aromatic rings. The fourth-order valence-corrected chi connectivity index (χ4v) is 8.17. The molecule has 0 atom stereocenters. The zero-order valence-electron chi connectivity index (χ0n) is 27.6. The first-order valence-electron chi connectivity index (χ1n) is 17.4. The van der Waals surface area contributed by atoms with Crippen LogP contribution in [0.15, 0.2) is 186 Å². The highest BCUT2D eigenvalue weighted by Gasteiger charge is 2.20. The number of hydrogen-bond acceptors (Lipinski definition) is 1. The Morgan fingerprint density at radius 2 is 0.922 bits per heavy atom. The third-order valence-corrected chi connectivity index (χ3v) is 10.5. The summed E-state index contributed by atoms with van der Waals surface area (Å²) in [6.45, 7) is 0. The van der Waals surface area contributed by atoms with Gasteiger partial charge in [-0.15, -0.1) is 0 Å². The molecule has 3 heteroatoms. The van der Waals surface area contributed by atoms with Crippen molar-refractivity contribution in [3.63, 3.8) is 0 Å². The normalized spacial score (nSPS) is 11.9. The minimum Gasteiger partial charge on any atom is -0.439 e. The summed E-state index contributed by atoms with van der Waals surface area (Å²) < 4.78 is 11.2. The fourth-order valence-electron chi connectivity index (χ4n) is 8.17. The number of benzene rings is 8. The Balaban J connectivity index is 1.03. The lowest BCUT2D eigenvalue weighted by Crippen LogP contribution is -1.95. The van der Waals surface area contributed by atoms with Gasteiger partial charge in [0.2, 0.25) is 5.71 Å². The lowest BCUT2D eigenvalue weighted by Gasteiger charge is -2.12. The lowest BCUT2D eigenvalue weighted by atomic mass is 9.98. The highest BCUT2D eigenvalue weighted by Crippen LogP contribution is 2.41. The van der Waals surface area contributed by atoms with Crippen LogP contribution in [0.5, 0.6) is 0 Å². The van der Waals surface area contributed by atoms with Crippen molar-refractivity contribution in [2.75, 3.05) is 0 Å². The summed E-state index contributed by atoms with van der Waals surface area (Å²) >= 11 is 0. The number of hydrogen-bond donors (Lipinski definition) is 0. The van der Waals surface area contributed by atoms with E-state index in [1.54, 1.807) is 0 Å². The molecule has 0 radical (unpaired) electrons. The third-order valence-electron chi connectivity index (χ3n) is 10.5. The highest BCUT2D eigenvalue weighted by molar-refractivity contribution is 6.20. The van der Waals surface area contributed by atoms with Gasteiger partial charge in [-0.3, -0.25) is 4.57 Å². The largest absolute Gasteiger partial charge is 0.439 e. The van der Waals surface area contributed by atoms with Crippen LogP contribution in [-0.4, -0.2) is 9.13 Å². The molecule has 0 saturated heterocycles. The van der Waals surface area contributed by atoms with E-state index in [1.165, 1.54) is 65.9 Å². The molecule has 8 aromatic carbocycles. The smallest absolute Gasteiger partial charge is 0.213 e. The number of aromatic nitrogens is 2. The number of furan rings is 1. The molecule has 0 amide bonds. The molecule has 3 heterocycles. The van der Waals surface area contributed by atoms with Crippen molar-refractivity contribution in [1.29, 1.82) is 0 Å². The molecule has 0 aliphatic heterocycles. The Bertz CT molecular complexity index is 3120. The minimum absolute atomic E-state index is 0.877. The maximum absolute atomic E-state index is 6.50. The molecule has 0 fully saturated rings. The van der Waals surface area contributed by atoms with Crippen molar-refractivity contribution in [1.82, 2.24) is 9.13 Å². The van der Waals surface area contributed by atoms with Crippen LogP contribution in [-0.2, 0) is 0 Å². The zero-order valence-corrected chi connectivity index (χ0v) is 27.6. The van der Waals surface area contributed by atoms with E-state index in [1.807, 2.05) is 6.07 Å². The van der Waals surface area contributed by atoms with Gasteiger partial charge < -0.3 is 8.98 Å². The molecule has 51 heavy (non-hydrogen) atoms. The molecule has 0 N–H and O–H groups in total. The molecule has 11 rings (SSSR count). The van der Waals surface area contributed by atoms with Crippen LogP contribution >= 0.6 is 0 Å². The van der Waals surface area contributed by atoms with E-state index in [0.717, 1.165) is 33.3 Å². The molecule has 3 nitrogen and oxygen atoms in total. The van der Waals surface area contributed by atoms with Gasteiger partial charge in [0.05, 0.1) is 27.6 Å². The summed E-state index contributed by atoms with van der Waals surface area (Å²) in [6, 6.07) is 65.5. The van der Waals surface area contributed by atoms with Gasteiger partial charge in [0.25, 0.3) is 0 Å². The Kier molecular flexibility index (Phi) is 5.96. The van der Waals surface area contributed by atoms with Crippen LogP contribution < -0.4 is 0 Å². The van der Waals surface area contributed by atoms with Gasteiger partial charge in [-0.05, 0) is 82.2 Å². The van der Waals surface area contributed by atoms with Gasteiger partial charge in [-0.25, -0.2) is 0 Å². The monoisotopic (exact) mass is 650 g/mol. The van der Waals surface area contributed by atoms with Gasteiger partial charge in [-0.1, -0.05) is 127 Å². The number of fused-ring (bicyclic) bond motifs is 9. The average Bonchev–Trinajstić information content (AvgIpc) is 3.84. The predicted octanol–water partition coefficient (Wildman–Crippen LogP) is 13.1. The molecular formula is C48H30N2O. The summed E-state index contributed by atoms with van der Waals surface area (Å²) in [4.78, 5) is 0. The number of rotatable bonds is 4. The van der Waals surface area contributed by atoms with Crippen LogP contribution in [0.2, 0.25) is 0 Å². The average molecular weight is 651 g/mol. The van der Waals surface area contributed by atoms with Crippen LogP contribution in [0.3, 0.4) is 0 Å². The molecule has 0 spiro atoms. The fraction of sp³-hybridized carbons (Fsp3) is 0. The van der Waals surface area contributed by atoms with Crippen LogP contribution in [0.25, 0.3) is 99.2 Å². The minimum atomic E-state index is 0.877.